The molecule has 0 radical (unpaired) electrons. The van der Waals surface area contributed by atoms with E-state index < -0.39 is 0 Å². The van der Waals surface area contributed by atoms with Gasteiger partial charge in [-0.2, -0.15) is 4.98 Å². The van der Waals surface area contributed by atoms with Gasteiger partial charge in [-0.3, -0.25) is 0 Å². The van der Waals surface area contributed by atoms with Crippen LogP contribution in [0.3, 0.4) is 0 Å². The quantitative estimate of drug-likeness (QED) is 0.635. The molecule has 1 unspecified atom stereocenters. The third-order valence-electron chi connectivity index (χ3n) is 5.40. The van der Waals surface area contributed by atoms with E-state index in [9.17, 15) is 0 Å². The number of fused-ring (bicyclic) bond motifs is 1. The van der Waals surface area contributed by atoms with Crippen LogP contribution in [0.15, 0.2) is 30.5 Å². The van der Waals surface area contributed by atoms with Gasteiger partial charge in [0.05, 0.1) is 18.5 Å². The van der Waals surface area contributed by atoms with Crippen LogP contribution >= 0.6 is 0 Å². The fraction of sp³-hybridized carbons (Fsp3) is 0.476. The average Bonchev–Trinajstić information content (AvgIpc) is 3.30. The Morgan fingerprint density at radius 3 is 2.79 bits per heavy atom. The summed E-state index contributed by atoms with van der Waals surface area (Å²) in [4.78, 5) is 11.0. The molecule has 1 saturated heterocycles. The van der Waals surface area contributed by atoms with E-state index in [0.717, 1.165) is 31.5 Å². The second-order valence-corrected chi connectivity index (χ2v) is 7.63. The van der Waals surface area contributed by atoms with Gasteiger partial charge in [0.15, 0.2) is 11.5 Å². The number of hydrogen-bond acceptors (Lipinski definition) is 6. The second-order valence-electron chi connectivity index (χ2n) is 7.63. The molecule has 0 aliphatic carbocycles. The van der Waals surface area contributed by atoms with Gasteiger partial charge in [-0.15, -0.1) is 5.10 Å². The van der Waals surface area contributed by atoms with Crippen LogP contribution in [0.1, 0.15) is 48.9 Å². The molecule has 3 heterocycles. The zero-order valence-electron chi connectivity index (χ0n) is 16.6. The summed E-state index contributed by atoms with van der Waals surface area (Å²) in [5.41, 5.74) is 10.2. The summed E-state index contributed by atoms with van der Waals surface area (Å²) in [6.07, 6.45) is 5.80. The van der Waals surface area contributed by atoms with Crippen molar-refractivity contribution < 1.29 is 4.74 Å². The van der Waals surface area contributed by atoms with E-state index in [-0.39, 0.29) is 0 Å². The molecule has 2 aromatic heterocycles. The van der Waals surface area contributed by atoms with E-state index in [1.165, 1.54) is 24.1 Å². The largest absolute Gasteiger partial charge is 0.462 e. The van der Waals surface area contributed by atoms with Crippen molar-refractivity contribution in [2.45, 2.75) is 38.5 Å². The summed E-state index contributed by atoms with van der Waals surface area (Å²) in [6.45, 7) is 5.02. The fourth-order valence-corrected chi connectivity index (χ4v) is 3.74. The first-order chi connectivity index (χ1) is 13.6. The molecule has 0 amide bonds. The minimum absolute atomic E-state index is 0.304. The summed E-state index contributed by atoms with van der Waals surface area (Å²) >= 11 is 0. The van der Waals surface area contributed by atoms with Gasteiger partial charge in [0, 0.05) is 13.0 Å². The Bertz CT molecular complexity index is 936. The zero-order chi connectivity index (χ0) is 19.5. The van der Waals surface area contributed by atoms with Gasteiger partial charge in [0.25, 0.3) is 0 Å². The van der Waals surface area contributed by atoms with Crippen molar-refractivity contribution in [2.75, 3.05) is 32.5 Å². The number of ether oxygens (including phenoxy) is 1. The molecule has 2 N–H and O–H groups in total. The molecule has 1 aliphatic rings. The maximum absolute atomic E-state index is 6.05. The van der Waals surface area contributed by atoms with Gasteiger partial charge in [-0.1, -0.05) is 37.6 Å². The number of imidazole rings is 1. The highest BCUT2D eigenvalue weighted by atomic mass is 16.5. The Morgan fingerprint density at radius 1 is 1.25 bits per heavy atom. The van der Waals surface area contributed by atoms with Crippen molar-refractivity contribution in [3.05, 3.63) is 47.3 Å². The molecule has 0 spiro atoms. The predicted molar refractivity (Wildman–Crippen MR) is 110 cm³/mol. The Hall–Kier alpha value is -2.67. The van der Waals surface area contributed by atoms with Crippen molar-refractivity contribution in [1.82, 2.24) is 24.5 Å². The summed E-state index contributed by atoms with van der Waals surface area (Å²) in [7, 11) is 2.19. The molecule has 7 heteroatoms. The van der Waals surface area contributed by atoms with Crippen molar-refractivity contribution in [3.8, 4) is 6.01 Å². The zero-order valence-corrected chi connectivity index (χ0v) is 16.6. The SMILES string of the molecule is CCCCOc1nc(N)c2ncc(Cc3ccc(C4CCN(C)C4)cc3)n2n1. The molecule has 7 nitrogen and oxygen atoms in total. The lowest BCUT2D eigenvalue weighted by atomic mass is 9.96. The van der Waals surface area contributed by atoms with E-state index in [1.54, 1.807) is 4.52 Å². The number of benzene rings is 1. The number of aromatic nitrogens is 4. The molecule has 1 aromatic carbocycles. The average molecular weight is 380 g/mol. The summed E-state index contributed by atoms with van der Waals surface area (Å²) < 4.78 is 7.39. The van der Waals surface area contributed by atoms with Gasteiger partial charge >= 0.3 is 6.01 Å². The van der Waals surface area contributed by atoms with Crippen LogP contribution in [-0.2, 0) is 6.42 Å². The standard InChI is InChI=1S/C21H28N6O/c1-3-4-11-28-21-24-19(22)20-23-13-18(27(20)25-21)12-15-5-7-16(8-6-15)17-9-10-26(2)14-17/h5-8,13,17H,3-4,9-12,14H2,1-2H3,(H2,22,24,25). The normalized spacial score (nSPS) is 17.4. The highest BCUT2D eigenvalue weighted by Crippen LogP contribution is 2.26. The van der Waals surface area contributed by atoms with Crippen LogP contribution in [0, 0.1) is 0 Å². The lowest BCUT2D eigenvalue weighted by molar-refractivity contribution is 0.280. The number of nitrogen functional groups attached to an aromatic ring is 1. The minimum atomic E-state index is 0.304. The monoisotopic (exact) mass is 380 g/mol. The van der Waals surface area contributed by atoms with Crippen molar-refractivity contribution in [2.24, 2.45) is 0 Å². The van der Waals surface area contributed by atoms with Gasteiger partial charge in [-0.25, -0.2) is 9.50 Å². The van der Waals surface area contributed by atoms with Crippen LogP contribution < -0.4 is 10.5 Å². The Morgan fingerprint density at radius 2 is 2.07 bits per heavy atom. The topological polar surface area (TPSA) is 81.6 Å². The first-order valence-corrected chi connectivity index (χ1v) is 10.0. The van der Waals surface area contributed by atoms with Crippen LogP contribution in [0.2, 0.25) is 0 Å². The summed E-state index contributed by atoms with van der Waals surface area (Å²) in [5, 5.41) is 4.49. The van der Waals surface area contributed by atoms with E-state index in [1.807, 2.05) is 6.20 Å². The molecule has 148 valence electrons. The first-order valence-electron chi connectivity index (χ1n) is 10.0. The van der Waals surface area contributed by atoms with E-state index in [0.29, 0.717) is 30.0 Å². The number of rotatable bonds is 7. The number of hydrogen-bond donors (Lipinski definition) is 1. The van der Waals surface area contributed by atoms with Crippen molar-refractivity contribution in [3.63, 3.8) is 0 Å². The summed E-state index contributed by atoms with van der Waals surface area (Å²) in [6, 6.07) is 9.22. The smallest absolute Gasteiger partial charge is 0.336 e. The van der Waals surface area contributed by atoms with E-state index >= 15 is 0 Å². The van der Waals surface area contributed by atoms with Gasteiger partial charge in [-0.05, 0) is 43.5 Å². The molecule has 0 bridgehead atoms. The molecule has 1 atom stereocenters. The number of likely N-dealkylation sites (N-methyl/N-ethyl adjacent to an activating group) is 1. The molecular weight excluding hydrogens is 352 g/mol. The van der Waals surface area contributed by atoms with Gasteiger partial charge in [0.2, 0.25) is 0 Å². The maximum Gasteiger partial charge on any atom is 0.336 e. The third kappa shape index (κ3) is 3.94. The lowest BCUT2D eigenvalue weighted by Gasteiger charge is -2.11. The Kier molecular flexibility index (Phi) is 5.43. The second kappa shape index (κ2) is 8.14. The number of unbranched alkanes of at least 4 members (excludes halogenated alkanes) is 1. The maximum atomic E-state index is 6.05. The molecule has 1 aliphatic heterocycles. The van der Waals surface area contributed by atoms with Gasteiger partial charge in [0.1, 0.15) is 0 Å². The molecule has 28 heavy (non-hydrogen) atoms. The minimum Gasteiger partial charge on any atom is -0.462 e. The number of likely N-dealkylation sites (tertiary alicyclic amines) is 1. The Labute approximate surface area is 165 Å². The van der Waals surface area contributed by atoms with Crippen molar-refractivity contribution >= 4 is 11.5 Å². The van der Waals surface area contributed by atoms with E-state index in [4.69, 9.17) is 10.5 Å². The molecule has 1 fully saturated rings. The summed E-state index contributed by atoms with van der Waals surface area (Å²) in [5.74, 6) is 0.985. The third-order valence-corrected chi connectivity index (χ3v) is 5.40. The molecule has 3 aromatic rings. The number of anilines is 1. The van der Waals surface area contributed by atoms with Gasteiger partial charge < -0.3 is 15.4 Å². The molecule has 0 saturated carbocycles. The number of nitrogens with zero attached hydrogens (tertiary/aromatic N) is 5. The highest BCUT2D eigenvalue weighted by Gasteiger charge is 2.21. The predicted octanol–water partition coefficient (Wildman–Crippen LogP) is 2.90. The van der Waals surface area contributed by atoms with Crippen LogP contribution in [0.5, 0.6) is 6.01 Å². The fourth-order valence-electron chi connectivity index (χ4n) is 3.74. The lowest BCUT2D eigenvalue weighted by Crippen LogP contribution is -2.13. The molecule has 4 rings (SSSR count). The van der Waals surface area contributed by atoms with E-state index in [2.05, 4.69) is 58.2 Å². The first kappa shape index (κ1) is 18.7. The van der Waals surface area contributed by atoms with Crippen LogP contribution in [0.25, 0.3) is 5.65 Å². The molecular formula is C21H28N6O. The Balaban J connectivity index is 1.52. The van der Waals surface area contributed by atoms with Crippen LogP contribution in [0.4, 0.5) is 5.82 Å². The van der Waals surface area contributed by atoms with Crippen LogP contribution in [-0.4, -0.2) is 51.2 Å². The van der Waals surface area contributed by atoms with Crippen molar-refractivity contribution in [1.29, 1.82) is 0 Å². The number of nitrogens with two attached hydrogens (primary N) is 1. The highest BCUT2D eigenvalue weighted by molar-refractivity contribution is 5.59.